The van der Waals surface area contributed by atoms with E-state index in [1.807, 2.05) is 6.08 Å². The molecule has 0 aromatic rings. The van der Waals surface area contributed by atoms with Gasteiger partial charge in [-0.25, -0.2) is 0 Å². The molecule has 2 atom stereocenters. The molecule has 2 aliphatic heterocycles. The summed E-state index contributed by atoms with van der Waals surface area (Å²) in [5.74, 6) is 0.737. The molecule has 0 amide bonds. The molecule has 0 N–H and O–H groups in total. The Balaban J connectivity index is 1.28. The van der Waals surface area contributed by atoms with E-state index in [1.165, 1.54) is 89.9 Å². The molecule has 2 rings (SSSR count). The van der Waals surface area contributed by atoms with E-state index in [9.17, 15) is 0 Å². The summed E-state index contributed by atoms with van der Waals surface area (Å²) < 4.78 is 22.9. The molecule has 0 radical (unpaired) electrons. The Morgan fingerprint density at radius 2 is 1.29 bits per heavy atom. The van der Waals surface area contributed by atoms with Crippen molar-refractivity contribution in [2.24, 2.45) is 0 Å². The van der Waals surface area contributed by atoms with Crippen LogP contribution < -0.4 is 0 Å². The second-order valence-corrected chi connectivity index (χ2v) is 9.13. The third-order valence-electron chi connectivity index (χ3n) is 6.18. The highest BCUT2D eigenvalue weighted by Gasteiger charge is 2.14. The van der Waals surface area contributed by atoms with Gasteiger partial charge in [-0.05, 0) is 57.4 Å². The first-order valence-electron chi connectivity index (χ1n) is 13.2. The van der Waals surface area contributed by atoms with Gasteiger partial charge in [0.05, 0.1) is 6.61 Å². The van der Waals surface area contributed by atoms with Crippen molar-refractivity contribution in [2.45, 2.75) is 128 Å². The predicted molar refractivity (Wildman–Crippen MR) is 128 cm³/mol. The first kappa shape index (κ1) is 26.4. The largest absolute Gasteiger partial charge is 0.466 e. The zero-order valence-corrected chi connectivity index (χ0v) is 20.0. The lowest BCUT2D eigenvalue weighted by Crippen LogP contribution is -2.22. The van der Waals surface area contributed by atoms with Crippen LogP contribution in [0.2, 0.25) is 0 Å². The predicted octanol–water partition coefficient (Wildman–Crippen LogP) is 7.82. The minimum Gasteiger partial charge on any atom is -0.466 e. The van der Waals surface area contributed by atoms with Crippen LogP contribution in [0.4, 0.5) is 0 Å². The number of unbranched alkanes of at least 4 members (excludes halogenated alkanes) is 10. The van der Waals surface area contributed by atoms with Gasteiger partial charge in [-0.15, -0.1) is 0 Å². The average Bonchev–Trinajstić information content (AvgIpc) is 3.05. The van der Waals surface area contributed by atoms with Crippen LogP contribution in [0.25, 0.3) is 0 Å². The fourth-order valence-corrected chi connectivity index (χ4v) is 4.24. The first-order chi connectivity index (χ1) is 15.3. The quantitative estimate of drug-likeness (QED) is 0.132. The van der Waals surface area contributed by atoms with E-state index in [-0.39, 0.29) is 12.6 Å². The third kappa shape index (κ3) is 14.8. The van der Waals surface area contributed by atoms with Crippen LogP contribution in [0.5, 0.6) is 0 Å². The molecule has 2 heterocycles. The summed E-state index contributed by atoms with van der Waals surface area (Å²) in [4.78, 5) is 0. The Kier molecular flexibility index (Phi) is 15.9. The van der Waals surface area contributed by atoms with E-state index in [0.717, 1.165) is 51.3 Å². The fraction of sp³-hybridized carbons (Fsp3) is 0.852. The van der Waals surface area contributed by atoms with E-state index in [1.54, 1.807) is 0 Å². The molecule has 0 bridgehead atoms. The Hall–Kier alpha value is -0.840. The molecule has 0 spiro atoms. The van der Waals surface area contributed by atoms with Crippen molar-refractivity contribution < 1.29 is 18.9 Å². The van der Waals surface area contributed by atoms with Crippen LogP contribution in [-0.4, -0.2) is 32.4 Å². The number of hydrogen-bond donors (Lipinski definition) is 0. The van der Waals surface area contributed by atoms with Crippen molar-refractivity contribution in [1.29, 1.82) is 0 Å². The molecular formula is C27H48O4. The van der Waals surface area contributed by atoms with E-state index in [0.29, 0.717) is 0 Å². The van der Waals surface area contributed by atoms with Gasteiger partial charge in [0.1, 0.15) is 5.76 Å². The Morgan fingerprint density at radius 1 is 0.710 bits per heavy atom. The highest BCUT2D eigenvalue weighted by molar-refractivity contribution is 5.07. The lowest BCUT2D eigenvalue weighted by molar-refractivity contribution is -0.162. The topological polar surface area (TPSA) is 36.9 Å². The summed E-state index contributed by atoms with van der Waals surface area (Å²) in [5.41, 5.74) is 0. The zero-order chi connectivity index (χ0) is 21.8. The second kappa shape index (κ2) is 18.7. The average molecular weight is 437 g/mol. The summed E-state index contributed by atoms with van der Waals surface area (Å²) in [6.07, 6.45) is 26.7. The Labute approximate surface area is 191 Å². The molecule has 2 fully saturated rings. The van der Waals surface area contributed by atoms with Gasteiger partial charge in [-0.3, -0.25) is 0 Å². The molecule has 0 aliphatic carbocycles. The molecule has 2 saturated heterocycles. The van der Waals surface area contributed by atoms with Crippen LogP contribution in [-0.2, 0) is 18.9 Å². The van der Waals surface area contributed by atoms with Crippen molar-refractivity contribution in [3.05, 3.63) is 24.5 Å². The van der Waals surface area contributed by atoms with Crippen LogP contribution in [0.1, 0.15) is 116 Å². The highest BCUT2D eigenvalue weighted by Crippen LogP contribution is 2.18. The lowest BCUT2D eigenvalue weighted by atomic mass is 10.1. The Morgan fingerprint density at radius 3 is 2.03 bits per heavy atom. The van der Waals surface area contributed by atoms with E-state index in [2.05, 4.69) is 12.7 Å². The number of ether oxygens (including phenoxy) is 4. The summed E-state index contributed by atoms with van der Waals surface area (Å²) in [5, 5.41) is 0. The highest BCUT2D eigenvalue weighted by atomic mass is 16.7. The number of allylic oxidation sites excluding steroid dienone is 2. The maximum Gasteiger partial charge on any atom is 0.199 e. The summed E-state index contributed by atoms with van der Waals surface area (Å²) >= 11 is 0. The minimum absolute atomic E-state index is 0.0807. The van der Waals surface area contributed by atoms with Gasteiger partial charge in [-0.2, -0.15) is 0 Å². The molecule has 180 valence electrons. The summed E-state index contributed by atoms with van der Waals surface area (Å²) in [6, 6.07) is 0. The van der Waals surface area contributed by atoms with Gasteiger partial charge in [0.15, 0.2) is 12.6 Å². The Bertz CT molecular complexity index is 448. The fourth-order valence-electron chi connectivity index (χ4n) is 4.24. The number of hydrogen-bond acceptors (Lipinski definition) is 4. The molecule has 0 aromatic carbocycles. The van der Waals surface area contributed by atoms with E-state index in [4.69, 9.17) is 18.9 Å². The van der Waals surface area contributed by atoms with Crippen LogP contribution >= 0.6 is 0 Å². The van der Waals surface area contributed by atoms with Gasteiger partial charge in [0, 0.05) is 19.6 Å². The maximum absolute atomic E-state index is 5.80. The molecule has 0 aromatic heterocycles. The lowest BCUT2D eigenvalue weighted by Gasteiger charge is -2.22. The standard InChI is InChI=1S/C27H48O4/c1-25(31-27-21-14-12-17-23-30-27)19-13-10-8-6-4-2-3-5-7-9-11-16-22-28-26-20-15-18-24-29-26/h13,19,26-27H,1-12,14-18,20-24H2/b19-13-. The summed E-state index contributed by atoms with van der Waals surface area (Å²) in [7, 11) is 0. The van der Waals surface area contributed by atoms with Gasteiger partial charge >= 0.3 is 0 Å². The first-order valence-corrected chi connectivity index (χ1v) is 13.2. The molecule has 0 saturated carbocycles. The van der Waals surface area contributed by atoms with Crippen LogP contribution in [0.3, 0.4) is 0 Å². The zero-order valence-electron chi connectivity index (χ0n) is 20.0. The summed E-state index contributed by atoms with van der Waals surface area (Å²) in [6.45, 7) is 6.56. The van der Waals surface area contributed by atoms with E-state index >= 15 is 0 Å². The van der Waals surface area contributed by atoms with Crippen LogP contribution in [0, 0.1) is 0 Å². The van der Waals surface area contributed by atoms with Gasteiger partial charge in [-0.1, -0.05) is 70.4 Å². The van der Waals surface area contributed by atoms with E-state index < -0.39 is 0 Å². The molecule has 4 heteroatoms. The molecule has 2 unspecified atom stereocenters. The van der Waals surface area contributed by atoms with Gasteiger partial charge in [0.25, 0.3) is 0 Å². The second-order valence-electron chi connectivity index (χ2n) is 9.13. The van der Waals surface area contributed by atoms with Crippen molar-refractivity contribution in [1.82, 2.24) is 0 Å². The molecular weight excluding hydrogens is 388 g/mol. The van der Waals surface area contributed by atoms with Crippen molar-refractivity contribution >= 4 is 0 Å². The van der Waals surface area contributed by atoms with Gasteiger partial charge < -0.3 is 18.9 Å². The van der Waals surface area contributed by atoms with Crippen molar-refractivity contribution in [3.8, 4) is 0 Å². The van der Waals surface area contributed by atoms with Gasteiger partial charge in [0.2, 0.25) is 0 Å². The monoisotopic (exact) mass is 436 g/mol. The molecule has 4 nitrogen and oxygen atoms in total. The smallest absolute Gasteiger partial charge is 0.199 e. The maximum atomic E-state index is 5.80. The van der Waals surface area contributed by atoms with Crippen molar-refractivity contribution in [3.63, 3.8) is 0 Å². The molecule has 2 aliphatic rings. The van der Waals surface area contributed by atoms with Crippen molar-refractivity contribution in [2.75, 3.05) is 19.8 Å². The minimum atomic E-state index is -0.0934. The SMILES string of the molecule is C=C(/C=C\CCCCCCCCCCCCOC1CCCCO1)OC1CCCCCO1. The van der Waals surface area contributed by atoms with Crippen LogP contribution in [0.15, 0.2) is 24.5 Å². The normalized spacial score (nSPS) is 22.5. The molecule has 31 heavy (non-hydrogen) atoms. The third-order valence-corrected chi connectivity index (χ3v) is 6.18. The number of rotatable bonds is 17.